The molecule has 5 nitrogen and oxygen atoms in total. The lowest BCUT2D eigenvalue weighted by Crippen LogP contribution is -2.35. The second-order valence-corrected chi connectivity index (χ2v) is 6.07. The van der Waals surface area contributed by atoms with Crippen LogP contribution in [0.15, 0.2) is 58.6 Å². The van der Waals surface area contributed by atoms with Crippen LogP contribution in [-0.2, 0) is 9.59 Å². The van der Waals surface area contributed by atoms with Gasteiger partial charge in [0.15, 0.2) is 0 Å². The monoisotopic (exact) mass is 396 g/mol. The van der Waals surface area contributed by atoms with E-state index in [1.165, 1.54) is 11.1 Å². The van der Waals surface area contributed by atoms with Gasteiger partial charge in [-0.25, -0.2) is 5.01 Å². The van der Waals surface area contributed by atoms with E-state index < -0.39 is 11.8 Å². The van der Waals surface area contributed by atoms with Crippen molar-refractivity contribution in [1.29, 1.82) is 0 Å². The van der Waals surface area contributed by atoms with Crippen molar-refractivity contribution in [3.63, 3.8) is 0 Å². The van der Waals surface area contributed by atoms with Gasteiger partial charge in [-0.3, -0.25) is 15.0 Å². The van der Waals surface area contributed by atoms with Gasteiger partial charge in [0.05, 0.1) is 5.69 Å². The van der Waals surface area contributed by atoms with Gasteiger partial charge in [-0.15, -0.1) is 6.42 Å². The van der Waals surface area contributed by atoms with Crippen LogP contribution in [0.4, 0.5) is 5.69 Å². The number of hydrogen-bond donors (Lipinski definition) is 1. The number of halogens is 1. The Morgan fingerprint density at radius 1 is 1.20 bits per heavy atom. The molecule has 3 rings (SSSR count). The third-order valence-corrected chi connectivity index (χ3v) is 3.98. The predicted octanol–water partition coefficient (Wildman–Crippen LogP) is 2.92. The fourth-order valence-electron chi connectivity index (χ4n) is 2.35. The van der Waals surface area contributed by atoms with Gasteiger partial charge in [0.2, 0.25) is 0 Å². The molecule has 0 radical (unpaired) electrons. The highest BCUT2D eigenvalue weighted by atomic mass is 79.9. The van der Waals surface area contributed by atoms with Crippen LogP contribution >= 0.6 is 15.9 Å². The van der Waals surface area contributed by atoms with E-state index in [1.54, 1.807) is 42.5 Å². The molecule has 6 heteroatoms. The SMILES string of the molecule is C#CCOc1ccc(Br)cc1/C=C1/C(=O)NN(c2ccccc2)C1=O. The Kier molecular flexibility index (Phi) is 4.87. The van der Waals surface area contributed by atoms with Crippen LogP contribution in [0.3, 0.4) is 0 Å². The van der Waals surface area contributed by atoms with E-state index in [4.69, 9.17) is 11.2 Å². The zero-order valence-electron chi connectivity index (χ0n) is 13.0. The van der Waals surface area contributed by atoms with E-state index in [2.05, 4.69) is 27.3 Å². The van der Waals surface area contributed by atoms with E-state index in [0.29, 0.717) is 17.0 Å². The van der Waals surface area contributed by atoms with Gasteiger partial charge in [-0.05, 0) is 36.4 Å². The average molecular weight is 397 g/mol. The Bertz CT molecular complexity index is 901. The molecule has 25 heavy (non-hydrogen) atoms. The first-order valence-electron chi connectivity index (χ1n) is 7.38. The molecule has 2 aromatic rings. The van der Waals surface area contributed by atoms with Crippen molar-refractivity contribution in [2.45, 2.75) is 0 Å². The minimum atomic E-state index is -0.475. The number of amides is 2. The highest BCUT2D eigenvalue weighted by Crippen LogP contribution is 2.28. The van der Waals surface area contributed by atoms with Crippen molar-refractivity contribution in [3.8, 4) is 18.1 Å². The Balaban J connectivity index is 1.96. The minimum absolute atomic E-state index is 0.0208. The van der Waals surface area contributed by atoms with Crippen molar-refractivity contribution in [3.05, 3.63) is 64.1 Å². The van der Waals surface area contributed by atoms with Crippen LogP contribution in [-0.4, -0.2) is 18.4 Å². The molecule has 0 aromatic heterocycles. The Morgan fingerprint density at radius 3 is 2.68 bits per heavy atom. The molecule has 1 saturated heterocycles. The number of anilines is 1. The number of hydrogen-bond acceptors (Lipinski definition) is 3. The topological polar surface area (TPSA) is 58.6 Å². The Hall–Kier alpha value is -3.04. The third-order valence-electron chi connectivity index (χ3n) is 3.49. The lowest BCUT2D eigenvalue weighted by atomic mass is 10.1. The molecule has 124 valence electrons. The lowest BCUT2D eigenvalue weighted by Gasteiger charge is -2.14. The zero-order chi connectivity index (χ0) is 17.8. The highest BCUT2D eigenvalue weighted by Gasteiger charge is 2.34. The number of rotatable bonds is 4. The second kappa shape index (κ2) is 7.24. The summed E-state index contributed by atoms with van der Waals surface area (Å²) < 4.78 is 6.27. The molecule has 0 spiro atoms. The number of hydrazine groups is 1. The van der Waals surface area contributed by atoms with E-state index in [1.807, 2.05) is 6.07 Å². The molecule has 1 aliphatic heterocycles. The van der Waals surface area contributed by atoms with Crippen LogP contribution in [0, 0.1) is 12.3 Å². The minimum Gasteiger partial charge on any atom is -0.480 e. The largest absolute Gasteiger partial charge is 0.480 e. The first-order valence-corrected chi connectivity index (χ1v) is 8.17. The molecule has 1 fully saturated rings. The first kappa shape index (κ1) is 16.8. The van der Waals surface area contributed by atoms with Gasteiger partial charge in [-0.1, -0.05) is 40.0 Å². The summed E-state index contributed by atoms with van der Waals surface area (Å²) >= 11 is 3.37. The summed E-state index contributed by atoms with van der Waals surface area (Å²) in [5.74, 6) is 1.97. The predicted molar refractivity (Wildman–Crippen MR) is 98.5 cm³/mol. The summed E-state index contributed by atoms with van der Waals surface area (Å²) in [6.45, 7) is 0.0914. The Morgan fingerprint density at radius 2 is 1.96 bits per heavy atom. The van der Waals surface area contributed by atoms with Crippen LogP contribution in [0.25, 0.3) is 6.08 Å². The van der Waals surface area contributed by atoms with E-state index in [-0.39, 0.29) is 12.2 Å². The first-order chi connectivity index (χ1) is 12.1. The number of nitrogens with one attached hydrogen (secondary N) is 1. The van der Waals surface area contributed by atoms with Crippen molar-refractivity contribution >= 4 is 39.5 Å². The standard InChI is InChI=1S/C19H13BrN2O3/c1-2-10-25-17-9-8-14(20)11-13(17)12-16-18(23)21-22(19(16)24)15-6-4-3-5-7-15/h1,3-9,11-12H,10H2,(H,21,23)/b16-12-. The van der Waals surface area contributed by atoms with Gasteiger partial charge in [-0.2, -0.15) is 0 Å². The van der Waals surface area contributed by atoms with Crippen LogP contribution < -0.4 is 15.2 Å². The van der Waals surface area contributed by atoms with Crippen molar-refractivity contribution in [2.24, 2.45) is 0 Å². The fourth-order valence-corrected chi connectivity index (χ4v) is 2.73. The number of ether oxygens (including phenoxy) is 1. The summed E-state index contributed by atoms with van der Waals surface area (Å²) in [5, 5.41) is 1.22. The maximum Gasteiger partial charge on any atom is 0.282 e. The molecular formula is C19H13BrN2O3. The molecule has 2 aromatic carbocycles. The number of carbonyl (C=O) groups is 2. The van der Waals surface area contributed by atoms with Gasteiger partial charge in [0.1, 0.15) is 17.9 Å². The van der Waals surface area contributed by atoms with Gasteiger partial charge in [0, 0.05) is 10.0 Å². The second-order valence-electron chi connectivity index (χ2n) is 5.15. The molecule has 2 amide bonds. The number of terminal acetylenes is 1. The van der Waals surface area contributed by atoms with E-state index >= 15 is 0 Å². The molecule has 0 bridgehead atoms. The summed E-state index contributed by atoms with van der Waals surface area (Å²) in [6.07, 6.45) is 6.72. The van der Waals surface area contributed by atoms with Gasteiger partial charge < -0.3 is 4.74 Å². The zero-order valence-corrected chi connectivity index (χ0v) is 14.6. The number of benzene rings is 2. The van der Waals surface area contributed by atoms with E-state index in [9.17, 15) is 9.59 Å². The van der Waals surface area contributed by atoms with Crippen molar-refractivity contribution < 1.29 is 14.3 Å². The summed E-state index contributed by atoms with van der Waals surface area (Å²) in [6, 6.07) is 14.2. The smallest absolute Gasteiger partial charge is 0.282 e. The molecule has 1 heterocycles. The highest BCUT2D eigenvalue weighted by molar-refractivity contribution is 9.10. The third kappa shape index (κ3) is 3.57. The van der Waals surface area contributed by atoms with Crippen LogP contribution in [0.5, 0.6) is 5.75 Å². The Labute approximate surface area is 153 Å². The maximum atomic E-state index is 12.6. The molecule has 0 saturated carbocycles. The number of nitrogens with zero attached hydrogens (tertiary/aromatic N) is 1. The molecule has 0 aliphatic carbocycles. The van der Waals surface area contributed by atoms with Crippen molar-refractivity contribution in [1.82, 2.24) is 5.43 Å². The fraction of sp³-hybridized carbons (Fsp3) is 0.0526. The summed E-state index contributed by atoms with van der Waals surface area (Å²) in [5.41, 5.74) is 3.75. The molecular weight excluding hydrogens is 384 g/mol. The quantitative estimate of drug-likeness (QED) is 0.491. The molecule has 1 aliphatic rings. The van der Waals surface area contributed by atoms with Crippen LogP contribution in [0.2, 0.25) is 0 Å². The van der Waals surface area contributed by atoms with Gasteiger partial charge >= 0.3 is 0 Å². The summed E-state index contributed by atoms with van der Waals surface area (Å²) in [7, 11) is 0. The normalized spacial score (nSPS) is 15.2. The lowest BCUT2D eigenvalue weighted by molar-refractivity contribution is -0.117. The average Bonchev–Trinajstić information content (AvgIpc) is 2.90. The summed E-state index contributed by atoms with van der Waals surface area (Å²) in [4.78, 5) is 24.9. The van der Waals surface area contributed by atoms with Crippen molar-refractivity contribution in [2.75, 3.05) is 11.6 Å². The molecule has 0 unspecified atom stereocenters. The maximum absolute atomic E-state index is 12.6. The van der Waals surface area contributed by atoms with Crippen LogP contribution in [0.1, 0.15) is 5.56 Å². The number of carbonyl (C=O) groups excluding carboxylic acids is 2. The molecule has 0 atom stereocenters. The van der Waals surface area contributed by atoms with E-state index in [0.717, 1.165) is 4.47 Å². The molecule has 1 N–H and O–H groups in total. The number of para-hydroxylation sites is 1. The van der Waals surface area contributed by atoms with Gasteiger partial charge in [0.25, 0.3) is 11.8 Å².